The van der Waals surface area contributed by atoms with E-state index < -0.39 is 0 Å². The Morgan fingerprint density at radius 2 is 2.00 bits per heavy atom. The molecule has 0 bridgehead atoms. The first kappa shape index (κ1) is 17.4. The molecular formula is C18H25N5O2. The van der Waals surface area contributed by atoms with Gasteiger partial charge < -0.3 is 15.1 Å². The maximum Gasteiger partial charge on any atom is 0.222 e. The Hall–Kier alpha value is -2.41. The molecule has 25 heavy (non-hydrogen) atoms. The number of piperidine rings is 1. The van der Waals surface area contributed by atoms with Crippen molar-refractivity contribution in [3.63, 3.8) is 0 Å². The minimum atomic E-state index is 0.0111. The van der Waals surface area contributed by atoms with Gasteiger partial charge in [0.25, 0.3) is 0 Å². The molecule has 2 aromatic heterocycles. The topological polar surface area (TPSA) is 83.3 Å². The fourth-order valence-electron chi connectivity index (χ4n) is 3.10. The minimum Gasteiger partial charge on any atom is -0.468 e. The first-order chi connectivity index (χ1) is 12.3. The SMILES string of the molecule is O=C(CCNc1ncccn1)NC[C@H](c1ccco1)N1CCCCC1. The zero-order chi connectivity index (χ0) is 17.3. The van der Waals surface area contributed by atoms with E-state index in [1.807, 2.05) is 12.1 Å². The van der Waals surface area contributed by atoms with E-state index in [0.29, 0.717) is 25.5 Å². The lowest BCUT2D eigenvalue weighted by Gasteiger charge is -2.33. The van der Waals surface area contributed by atoms with E-state index in [-0.39, 0.29) is 11.9 Å². The summed E-state index contributed by atoms with van der Waals surface area (Å²) in [6.07, 6.45) is 9.09. The molecule has 7 heteroatoms. The highest BCUT2D eigenvalue weighted by molar-refractivity contribution is 5.76. The zero-order valence-corrected chi connectivity index (χ0v) is 14.4. The third kappa shape index (κ3) is 5.29. The Morgan fingerprint density at radius 3 is 2.72 bits per heavy atom. The van der Waals surface area contributed by atoms with Gasteiger partial charge >= 0.3 is 0 Å². The first-order valence-electron chi connectivity index (χ1n) is 8.88. The van der Waals surface area contributed by atoms with Crippen LogP contribution in [0.15, 0.2) is 41.3 Å². The maximum absolute atomic E-state index is 12.1. The molecule has 7 nitrogen and oxygen atoms in total. The van der Waals surface area contributed by atoms with Gasteiger partial charge in [-0.15, -0.1) is 0 Å². The van der Waals surface area contributed by atoms with Crippen molar-refractivity contribution in [2.24, 2.45) is 0 Å². The standard InChI is InChI=1S/C18H25N5O2/c24-17(7-10-21-18-19-8-5-9-20-18)22-14-15(16-6-4-13-25-16)23-11-2-1-3-12-23/h4-6,8-9,13,15H,1-3,7,10-12,14H2,(H,22,24)(H,19,20,21)/t15-/m1/s1. The molecule has 1 atom stereocenters. The van der Waals surface area contributed by atoms with Crippen LogP contribution < -0.4 is 10.6 Å². The molecule has 1 amide bonds. The van der Waals surface area contributed by atoms with Crippen LogP contribution in [0.1, 0.15) is 37.5 Å². The lowest BCUT2D eigenvalue weighted by atomic mass is 10.1. The molecule has 3 rings (SSSR count). The minimum absolute atomic E-state index is 0.0111. The number of amides is 1. The molecule has 0 spiro atoms. The Morgan fingerprint density at radius 1 is 1.20 bits per heavy atom. The van der Waals surface area contributed by atoms with Crippen LogP contribution in [0.25, 0.3) is 0 Å². The van der Waals surface area contributed by atoms with E-state index in [0.717, 1.165) is 18.8 Å². The quantitative estimate of drug-likeness (QED) is 0.765. The van der Waals surface area contributed by atoms with Crippen LogP contribution in [0.2, 0.25) is 0 Å². The number of hydrogen-bond donors (Lipinski definition) is 2. The summed E-state index contributed by atoms with van der Waals surface area (Å²) < 4.78 is 5.60. The van der Waals surface area contributed by atoms with Crippen LogP contribution in [-0.2, 0) is 4.79 Å². The number of furan rings is 1. The number of hydrogen-bond acceptors (Lipinski definition) is 6. The number of likely N-dealkylation sites (tertiary alicyclic amines) is 1. The van der Waals surface area contributed by atoms with Gasteiger partial charge in [-0.3, -0.25) is 9.69 Å². The number of nitrogens with one attached hydrogen (secondary N) is 2. The summed E-state index contributed by atoms with van der Waals surface area (Å²) in [7, 11) is 0. The molecule has 0 radical (unpaired) electrons. The van der Waals surface area contributed by atoms with Gasteiger partial charge in [0.2, 0.25) is 11.9 Å². The molecule has 0 unspecified atom stereocenters. The van der Waals surface area contributed by atoms with Crippen LogP contribution in [-0.4, -0.2) is 47.0 Å². The second-order valence-electron chi connectivity index (χ2n) is 6.18. The van der Waals surface area contributed by atoms with E-state index in [9.17, 15) is 4.79 Å². The van der Waals surface area contributed by atoms with E-state index in [1.54, 1.807) is 24.7 Å². The predicted molar refractivity (Wildman–Crippen MR) is 95.0 cm³/mol. The number of carbonyl (C=O) groups is 1. The van der Waals surface area contributed by atoms with Crippen molar-refractivity contribution in [3.8, 4) is 0 Å². The highest BCUT2D eigenvalue weighted by Crippen LogP contribution is 2.24. The molecule has 1 aliphatic heterocycles. The van der Waals surface area contributed by atoms with E-state index >= 15 is 0 Å². The third-order valence-corrected chi connectivity index (χ3v) is 4.40. The van der Waals surface area contributed by atoms with Crippen molar-refractivity contribution in [1.82, 2.24) is 20.2 Å². The van der Waals surface area contributed by atoms with Gasteiger partial charge in [0.15, 0.2) is 0 Å². The summed E-state index contributed by atoms with van der Waals surface area (Å²) in [6.45, 7) is 3.17. The largest absolute Gasteiger partial charge is 0.468 e. The molecule has 1 aliphatic rings. The molecule has 2 aromatic rings. The van der Waals surface area contributed by atoms with E-state index in [1.165, 1.54) is 19.3 Å². The average molecular weight is 343 g/mol. The number of aromatic nitrogens is 2. The Bertz CT molecular complexity index is 626. The summed E-state index contributed by atoms with van der Waals surface area (Å²) in [6, 6.07) is 5.75. The summed E-state index contributed by atoms with van der Waals surface area (Å²) in [4.78, 5) is 22.7. The van der Waals surface area contributed by atoms with Gasteiger partial charge in [0.05, 0.1) is 12.3 Å². The van der Waals surface area contributed by atoms with Gasteiger partial charge in [-0.05, 0) is 44.1 Å². The van der Waals surface area contributed by atoms with Crippen LogP contribution in [0.4, 0.5) is 5.95 Å². The fourth-order valence-corrected chi connectivity index (χ4v) is 3.10. The lowest BCUT2D eigenvalue weighted by molar-refractivity contribution is -0.121. The number of nitrogens with zero attached hydrogens (tertiary/aromatic N) is 3. The maximum atomic E-state index is 12.1. The van der Waals surface area contributed by atoms with E-state index in [4.69, 9.17) is 4.42 Å². The molecule has 0 aliphatic carbocycles. The number of carbonyl (C=O) groups excluding carboxylic acids is 1. The molecule has 0 saturated carbocycles. The Balaban J connectivity index is 1.46. The van der Waals surface area contributed by atoms with Crippen molar-refractivity contribution in [2.45, 2.75) is 31.7 Å². The highest BCUT2D eigenvalue weighted by atomic mass is 16.3. The van der Waals surface area contributed by atoms with Crippen LogP contribution in [0.5, 0.6) is 0 Å². The van der Waals surface area contributed by atoms with Gasteiger partial charge in [0.1, 0.15) is 5.76 Å². The van der Waals surface area contributed by atoms with Crippen LogP contribution in [0, 0.1) is 0 Å². The number of rotatable bonds is 8. The molecule has 1 saturated heterocycles. The van der Waals surface area contributed by atoms with Crippen molar-refractivity contribution in [2.75, 3.05) is 31.5 Å². The van der Waals surface area contributed by atoms with Crippen molar-refractivity contribution >= 4 is 11.9 Å². The third-order valence-electron chi connectivity index (χ3n) is 4.40. The Kier molecular flexibility index (Phi) is 6.39. The smallest absolute Gasteiger partial charge is 0.222 e. The van der Waals surface area contributed by atoms with Crippen molar-refractivity contribution in [3.05, 3.63) is 42.6 Å². The normalized spacial score (nSPS) is 16.3. The number of anilines is 1. The second-order valence-corrected chi connectivity index (χ2v) is 6.18. The summed E-state index contributed by atoms with van der Waals surface area (Å²) in [5.74, 6) is 1.46. The van der Waals surface area contributed by atoms with Gasteiger partial charge in [0, 0.05) is 31.9 Å². The van der Waals surface area contributed by atoms with Gasteiger partial charge in [-0.25, -0.2) is 9.97 Å². The predicted octanol–water partition coefficient (Wildman–Crippen LogP) is 2.21. The van der Waals surface area contributed by atoms with Crippen LogP contribution in [0.3, 0.4) is 0 Å². The van der Waals surface area contributed by atoms with Crippen molar-refractivity contribution < 1.29 is 9.21 Å². The van der Waals surface area contributed by atoms with E-state index in [2.05, 4.69) is 25.5 Å². The average Bonchev–Trinajstić information content (AvgIpc) is 3.18. The fraction of sp³-hybridized carbons (Fsp3) is 0.500. The second kappa shape index (κ2) is 9.17. The monoisotopic (exact) mass is 343 g/mol. The first-order valence-corrected chi connectivity index (χ1v) is 8.88. The lowest BCUT2D eigenvalue weighted by Crippen LogP contribution is -2.40. The molecule has 1 fully saturated rings. The molecule has 3 heterocycles. The van der Waals surface area contributed by atoms with Gasteiger partial charge in [-0.1, -0.05) is 6.42 Å². The van der Waals surface area contributed by atoms with Gasteiger partial charge in [-0.2, -0.15) is 0 Å². The molecule has 134 valence electrons. The molecular weight excluding hydrogens is 318 g/mol. The molecule has 0 aromatic carbocycles. The van der Waals surface area contributed by atoms with Crippen molar-refractivity contribution in [1.29, 1.82) is 0 Å². The Labute approximate surface area is 147 Å². The highest BCUT2D eigenvalue weighted by Gasteiger charge is 2.24. The summed E-state index contributed by atoms with van der Waals surface area (Å²) in [5.41, 5.74) is 0. The summed E-state index contributed by atoms with van der Waals surface area (Å²) in [5, 5.41) is 6.08. The van der Waals surface area contributed by atoms with Crippen LogP contribution >= 0.6 is 0 Å². The molecule has 2 N–H and O–H groups in total. The summed E-state index contributed by atoms with van der Waals surface area (Å²) >= 11 is 0. The zero-order valence-electron chi connectivity index (χ0n) is 14.4.